The number of aryl methyl sites for hydroxylation is 1. The maximum absolute atomic E-state index is 11.4. The second-order valence-electron chi connectivity index (χ2n) is 3.85. The normalized spacial score (nSPS) is 15.3. The van der Waals surface area contributed by atoms with E-state index >= 15 is 0 Å². The number of hydrogen-bond acceptors (Lipinski definition) is 4. The lowest BCUT2D eigenvalue weighted by Crippen LogP contribution is -2.23. The Morgan fingerprint density at radius 1 is 1.67 bits per heavy atom. The van der Waals surface area contributed by atoms with Crippen molar-refractivity contribution in [3.05, 3.63) is 11.8 Å². The predicted molar refractivity (Wildman–Crippen MR) is 55.5 cm³/mol. The summed E-state index contributed by atoms with van der Waals surface area (Å²) in [4.78, 5) is 11.4. The minimum absolute atomic E-state index is 0.0311. The van der Waals surface area contributed by atoms with Crippen LogP contribution in [0.5, 0.6) is 0 Å². The Balaban J connectivity index is 1.67. The van der Waals surface area contributed by atoms with E-state index < -0.39 is 0 Å². The number of nitrogens with zero attached hydrogens (tertiary/aromatic N) is 1. The standard InChI is InChI=1S/C10H15N3O2/c1-7-6-9(13-15-7)12-10(14)4-5-11-8-2-3-8/h6,8,11H,2-5H2,1H3,(H,12,13,14). The van der Waals surface area contributed by atoms with E-state index in [1.165, 1.54) is 12.8 Å². The lowest BCUT2D eigenvalue weighted by molar-refractivity contribution is -0.116. The SMILES string of the molecule is Cc1cc(NC(=O)CCNC2CC2)no1. The van der Waals surface area contributed by atoms with Gasteiger partial charge in [-0.2, -0.15) is 0 Å². The van der Waals surface area contributed by atoms with Crippen LogP contribution in [-0.2, 0) is 4.79 Å². The highest BCUT2D eigenvalue weighted by atomic mass is 16.5. The minimum Gasteiger partial charge on any atom is -0.360 e. The van der Waals surface area contributed by atoms with Gasteiger partial charge in [-0.05, 0) is 19.8 Å². The molecular weight excluding hydrogens is 194 g/mol. The second kappa shape index (κ2) is 4.44. The molecule has 0 unspecified atom stereocenters. The number of amides is 1. The molecule has 1 fully saturated rings. The molecule has 5 heteroatoms. The van der Waals surface area contributed by atoms with Crippen LogP contribution in [0, 0.1) is 6.92 Å². The zero-order chi connectivity index (χ0) is 10.7. The third kappa shape index (κ3) is 3.36. The van der Waals surface area contributed by atoms with E-state index in [0.717, 1.165) is 6.54 Å². The lowest BCUT2D eigenvalue weighted by atomic mass is 10.4. The molecule has 1 saturated carbocycles. The maximum Gasteiger partial charge on any atom is 0.226 e. The summed E-state index contributed by atoms with van der Waals surface area (Å²) in [5.74, 6) is 1.15. The van der Waals surface area contributed by atoms with Crippen LogP contribution >= 0.6 is 0 Å². The number of hydrogen-bond donors (Lipinski definition) is 2. The van der Waals surface area contributed by atoms with E-state index in [0.29, 0.717) is 24.0 Å². The molecule has 15 heavy (non-hydrogen) atoms. The summed E-state index contributed by atoms with van der Waals surface area (Å²) in [6.45, 7) is 2.52. The average Bonchev–Trinajstić information content (AvgIpc) is 2.91. The van der Waals surface area contributed by atoms with E-state index in [1.807, 2.05) is 0 Å². The Labute approximate surface area is 88.2 Å². The fourth-order valence-corrected chi connectivity index (χ4v) is 1.31. The fraction of sp³-hybridized carbons (Fsp3) is 0.600. The van der Waals surface area contributed by atoms with Crippen molar-refractivity contribution in [1.82, 2.24) is 10.5 Å². The highest BCUT2D eigenvalue weighted by Gasteiger charge is 2.20. The first kappa shape index (κ1) is 10.2. The zero-order valence-electron chi connectivity index (χ0n) is 8.75. The molecule has 0 aromatic carbocycles. The number of anilines is 1. The Bertz CT molecular complexity index is 344. The summed E-state index contributed by atoms with van der Waals surface area (Å²) >= 11 is 0. The third-order valence-electron chi connectivity index (χ3n) is 2.26. The van der Waals surface area contributed by atoms with Gasteiger partial charge in [0.25, 0.3) is 0 Å². The Morgan fingerprint density at radius 2 is 2.47 bits per heavy atom. The van der Waals surface area contributed by atoms with Crippen molar-refractivity contribution in [3.8, 4) is 0 Å². The summed E-state index contributed by atoms with van der Waals surface area (Å²) in [5.41, 5.74) is 0. The summed E-state index contributed by atoms with van der Waals surface area (Å²) in [5, 5.41) is 9.63. The molecule has 5 nitrogen and oxygen atoms in total. The van der Waals surface area contributed by atoms with E-state index in [9.17, 15) is 4.79 Å². The molecule has 2 rings (SSSR count). The monoisotopic (exact) mass is 209 g/mol. The average molecular weight is 209 g/mol. The van der Waals surface area contributed by atoms with Gasteiger partial charge in [0.1, 0.15) is 5.76 Å². The third-order valence-corrected chi connectivity index (χ3v) is 2.26. The van der Waals surface area contributed by atoms with Crippen LogP contribution in [0.25, 0.3) is 0 Å². The van der Waals surface area contributed by atoms with Crippen LogP contribution in [0.15, 0.2) is 10.6 Å². The van der Waals surface area contributed by atoms with Crippen molar-refractivity contribution in [2.24, 2.45) is 0 Å². The van der Waals surface area contributed by atoms with Crippen molar-refractivity contribution >= 4 is 11.7 Å². The largest absolute Gasteiger partial charge is 0.360 e. The first-order chi connectivity index (χ1) is 7.24. The molecule has 0 spiro atoms. The van der Waals surface area contributed by atoms with Crippen molar-refractivity contribution in [2.75, 3.05) is 11.9 Å². The van der Waals surface area contributed by atoms with Gasteiger partial charge >= 0.3 is 0 Å². The molecule has 82 valence electrons. The van der Waals surface area contributed by atoms with Crippen LogP contribution < -0.4 is 10.6 Å². The highest BCUT2D eigenvalue weighted by Crippen LogP contribution is 2.18. The summed E-state index contributed by atoms with van der Waals surface area (Å²) in [6.07, 6.45) is 2.95. The van der Waals surface area contributed by atoms with E-state index in [-0.39, 0.29) is 5.91 Å². The summed E-state index contributed by atoms with van der Waals surface area (Å²) < 4.78 is 4.84. The van der Waals surface area contributed by atoms with Gasteiger partial charge in [-0.25, -0.2) is 0 Å². The van der Waals surface area contributed by atoms with E-state index in [4.69, 9.17) is 4.52 Å². The van der Waals surface area contributed by atoms with E-state index in [2.05, 4.69) is 15.8 Å². The quantitative estimate of drug-likeness (QED) is 0.761. The van der Waals surface area contributed by atoms with Crippen molar-refractivity contribution in [3.63, 3.8) is 0 Å². The predicted octanol–water partition coefficient (Wildman–Crippen LogP) is 1.06. The van der Waals surface area contributed by atoms with Crippen LogP contribution in [0.2, 0.25) is 0 Å². The Hall–Kier alpha value is -1.36. The van der Waals surface area contributed by atoms with Crippen LogP contribution in [-0.4, -0.2) is 23.7 Å². The van der Waals surface area contributed by atoms with Crippen LogP contribution in [0.3, 0.4) is 0 Å². The molecule has 1 aromatic rings. The van der Waals surface area contributed by atoms with Gasteiger partial charge in [0.05, 0.1) is 0 Å². The second-order valence-corrected chi connectivity index (χ2v) is 3.85. The molecule has 1 aliphatic rings. The number of carbonyl (C=O) groups excluding carboxylic acids is 1. The van der Waals surface area contributed by atoms with Gasteiger partial charge < -0.3 is 15.2 Å². The topological polar surface area (TPSA) is 67.2 Å². The highest BCUT2D eigenvalue weighted by molar-refractivity contribution is 5.89. The van der Waals surface area contributed by atoms with Crippen molar-refractivity contribution in [1.29, 1.82) is 0 Å². The van der Waals surface area contributed by atoms with Gasteiger partial charge in [0, 0.05) is 25.1 Å². The number of carbonyl (C=O) groups is 1. The molecular formula is C10H15N3O2. The van der Waals surface area contributed by atoms with Gasteiger partial charge in [0.15, 0.2) is 5.82 Å². The van der Waals surface area contributed by atoms with Crippen molar-refractivity contribution in [2.45, 2.75) is 32.2 Å². The molecule has 1 aliphatic carbocycles. The molecule has 0 aliphatic heterocycles. The molecule has 0 atom stereocenters. The van der Waals surface area contributed by atoms with Gasteiger partial charge in [-0.15, -0.1) is 0 Å². The van der Waals surface area contributed by atoms with Crippen LogP contribution in [0.1, 0.15) is 25.0 Å². The molecule has 0 bridgehead atoms. The van der Waals surface area contributed by atoms with Crippen molar-refractivity contribution < 1.29 is 9.32 Å². The smallest absolute Gasteiger partial charge is 0.226 e. The summed E-state index contributed by atoms with van der Waals surface area (Å²) in [7, 11) is 0. The first-order valence-electron chi connectivity index (χ1n) is 5.20. The number of nitrogens with one attached hydrogen (secondary N) is 2. The molecule has 1 heterocycles. The van der Waals surface area contributed by atoms with Gasteiger partial charge in [0.2, 0.25) is 5.91 Å². The van der Waals surface area contributed by atoms with Gasteiger partial charge in [-0.1, -0.05) is 5.16 Å². The van der Waals surface area contributed by atoms with E-state index in [1.54, 1.807) is 13.0 Å². The Morgan fingerprint density at radius 3 is 3.07 bits per heavy atom. The lowest BCUT2D eigenvalue weighted by Gasteiger charge is -2.02. The van der Waals surface area contributed by atoms with Crippen LogP contribution in [0.4, 0.5) is 5.82 Å². The van der Waals surface area contributed by atoms with Gasteiger partial charge in [-0.3, -0.25) is 4.79 Å². The number of aromatic nitrogens is 1. The number of rotatable bonds is 5. The Kier molecular flexibility index (Phi) is 3.01. The molecule has 0 saturated heterocycles. The summed E-state index contributed by atoms with van der Waals surface area (Å²) in [6, 6.07) is 2.35. The molecule has 0 radical (unpaired) electrons. The molecule has 1 aromatic heterocycles. The zero-order valence-corrected chi connectivity index (χ0v) is 8.75. The first-order valence-corrected chi connectivity index (χ1v) is 5.20. The maximum atomic E-state index is 11.4. The molecule has 2 N–H and O–H groups in total. The minimum atomic E-state index is -0.0311. The fourth-order valence-electron chi connectivity index (χ4n) is 1.31. The molecule has 1 amide bonds.